The average Bonchev–Trinajstić information content (AvgIpc) is 3.36. The van der Waals surface area contributed by atoms with Crippen molar-refractivity contribution in [3.63, 3.8) is 0 Å². The van der Waals surface area contributed by atoms with Crippen molar-refractivity contribution < 1.29 is 33.4 Å². The number of alkyl halides is 1. The molecule has 0 saturated heterocycles. The Morgan fingerprint density at radius 1 is 1.34 bits per heavy atom. The van der Waals surface area contributed by atoms with E-state index in [4.69, 9.17) is 9.47 Å². The lowest BCUT2D eigenvalue weighted by Gasteiger charge is -2.36. The molecule has 8 nitrogen and oxygen atoms in total. The molecule has 5 rings (SSSR count). The number of hydrogen-bond donors (Lipinski definition) is 1. The van der Waals surface area contributed by atoms with E-state index in [1.165, 1.54) is 23.1 Å². The number of carbonyl (C=O) groups is 3. The highest BCUT2D eigenvalue weighted by molar-refractivity contribution is 7.17. The van der Waals surface area contributed by atoms with Crippen LogP contribution in [0.15, 0.2) is 48.3 Å². The summed E-state index contributed by atoms with van der Waals surface area (Å²) in [5.74, 6) is -2.17. The van der Waals surface area contributed by atoms with Gasteiger partial charge in [0.05, 0.1) is 23.2 Å². The number of amides is 1. The van der Waals surface area contributed by atoms with Gasteiger partial charge in [-0.2, -0.15) is 0 Å². The van der Waals surface area contributed by atoms with E-state index in [0.717, 1.165) is 11.3 Å². The number of rotatable bonds is 5. The first kappa shape index (κ1) is 23.2. The number of hydrogen-bond acceptors (Lipinski definition) is 8. The van der Waals surface area contributed by atoms with Crippen LogP contribution in [0.2, 0.25) is 0 Å². The number of carbonyl (C=O) groups excluding carboxylic acids is 3. The van der Waals surface area contributed by atoms with Crippen molar-refractivity contribution in [2.45, 2.75) is 44.5 Å². The van der Waals surface area contributed by atoms with Gasteiger partial charge in [0.2, 0.25) is 0 Å². The number of benzene rings is 1. The Morgan fingerprint density at radius 2 is 2.09 bits per heavy atom. The van der Waals surface area contributed by atoms with Gasteiger partial charge in [0.25, 0.3) is 5.91 Å². The fourth-order valence-corrected chi connectivity index (χ4v) is 5.85. The molecule has 4 unspecified atom stereocenters. The first-order valence-electron chi connectivity index (χ1n) is 11.3. The van der Waals surface area contributed by atoms with Gasteiger partial charge in [-0.25, -0.2) is 14.2 Å². The minimum Gasteiger partial charge on any atom is -0.508 e. The highest BCUT2D eigenvalue weighted by Crippen LogP contribution is 2.49. The second-order valence-corrected chi connectivity index (χ2v) is 9.73. The summed E-state index contributed by atoms with van der Waals surface area (Å²) in [7, 11) is 0. The smallest absolute Gasteiger partial charge is 0.350 e. The third-order valence-electron chi connectivity index (χ3n) is 6.50. The summed E-state index contributed by atoms with van der Waals surface area (Å²) in [6.45, 7) is 5.18. The van der Waals surface area contributed by atoms with Crippen molar-refractivity contribution in [3.05, 3.63) is 64.4 Å². The van der Waals surface area contributed by atoms with Crippen LogP contribution in [-0.2, 0) is 19.1 Å². The first-order chi connectivity index (χ1) is 16.8. The Hall–Kier alpha value is -3.53. The lowest BCUT2D eigenvalue weighted by Crippen LogP contribution is -2.42. The molecule has 1 amide bonds. The third kappa shape index (κ3) is 3.91. The standard InChI is InChI=1S/C25H23FN2O6S/c1-3-10-33-24(32)22-12(2)27-25(35-22)28-19(13-4-7-15(29)8-5-13)18-20(30)16-11-14(26)6-9-17(16)34-21(18)23(28)31/h3-5,7-8,14,16-17,19,29H,1,6,9-11H2,2H3. The predicted octanol–water partition coefficient (Wildman–Crippen LogP) is 3.95. The number of phenols is 1. The number of ketones is 1. The van der Waals surface area contributed by atoms with E-state index in [1.54, 1.807) is 19.1 Å². The number of ether oxygens (including phenoxy) is 2. The molecule has 1 aromatic heterocycles. The molecule has 1 aliphatic carbocycles. The van der Waals surface area contributed by atoms with Gasteiger partial charge in [-0.3, -0.25) is 14.5 Å². The molecule has 35 heavy (non-hydrogen) atoms. The summed E-state index contributed by atoms with van der Waals surface area (Å²) in [5.41, 5.74) is 1.08. The summed E-state index contributed by atoms with van der Waals surface area (Å²) in [4.78, 5) is 45.7. The monoisotopic (exact) mass is 498 g/mol. The Kier molecular flexibility index (Phi) is 5.92. The Bertz CT molecular complexity index is 1250. The number of aryl methyl sites for hydroxylation is 1. The van der Waals surface area contributed by atoms with Crippen molar-refractivity contribution in [3.8, 4) is 5.75 Å². The maximum absolute atomic E-state index is 14.2. The number of nitrogens with zero attached hydrogens (tertiary/aromatic N) is 2. The largest absolute Gasteiger partial charge is 0.508 e. The lowest BCUT2D eigenvalue weighted by molar-refractivity contribution is -0.133. The number of Topliss-reactive ketones (excluding diaryl/α,β-unsaturated/α-hetero) is 1. The lowest BCUT2D eigenvalue weighted by atomic mass is 9.77. The van der Waals surface area contributed by atoms with Crippen molar-refractivity contribution >= 4 is 34.1 Å². The van der Waals surface area contributed by atoms with Crippen LogP contribution in [0.5, 0.6) is 5.75 Å². The molecule has 2 aromatic rings. The Balaban J connectivity index is 1.59. The minimum absolute atomic E-state index is 0.0232. The second kappa shape index (κ2) is 8.92. The van der Waals surface area contributed by atoms with E-state index in [1.807, 2.05) is 0 Å². The molecule has 1 aromatic carbocycles. The molecule has 1 saturated carbocycles. The van der Waals surface area contributed by atoms with Gasteiger partial charge >= 0.3 is 5.97 Å². The van der Waals surface area contributed by atoms with Crippen LogP contribution in [0, 0.1) is 12.8 Å². The van der Waals surface area contributed by atoms with Crippen LogP contribution < -0.4 is 4.90 Å². The van der Waals surface area contributed by atoms with Crippen LogP contribution in [0.3, 0.4) is 0 Å². The van der Waals surface area contributed by atoms with E-state index >= 15 is 0 Å². The number of aromatic nitrogens is 1. The number of aromatic hydroxyl groups is 1. The van der Waals surface area contributed by atoms with Gasteiger partial charge in [-0.15, -0.1) is 0 Å². The molecule has 10 heteroatoms. The third-order valence-corrected chi connectivity index (χ3v) is 7.64. The number of thiazole rings is 1. The van der Waals surface area contributed by atoms with Crippen molar-refractivity contribution in [1.82, 2.24) is 4.98 Å². The normalized spacial score (nSPS) is 25.7. The zero-order chi connectivity index (χ0) is 24.9. The van der Waals surface area contributed by atoms with E-state index < -0.39 is 36.1 Å². The number of halogens is 1. The van der Waals surface area contributed by atoms with Crippen LogP contribution in [0.25, 0.3) is 0 Å². The summed E-state index contributed by atoms with van der Waals surface area (Å²) >= 11 is 0.975. The SMILES string of the molecule is C=CCOC(=O)c1sc(N2C(=O)C3=C(C(=O)C4CC(F)CCC4O3)C2c2ccc(O)cc2)nc1C. The Labute approximate surface area is 204 Å². The molecule has 4 atom stereocenters. The first-order valence-corrected chi connectivity index (χ1v) is 12.1. The summed E-state index contributed by atoms with van der Waals surface area (Å²) < 4.78 is 25.3. The zero-order valence-electron chi connectivity index (χ0n) is 18.9. The fourth-order valence-electron chi connectivity index (χ4n) is 4.86. The molecular formula is C25H23FN2O6S. The molecule has 0 spiro atoms. The zero-order valence-corrected chi connectivity index (χ0v) is 19.7. The molecule has 0 bridgehead atoms. The van der Waals surface area contributed by atoms with Crippen molar-refractivity contribution in [2.75, 3.05) is 11.5 Å². The van der Waals surface area contributed by atoms with E-state index in [9.17, 15) is 23.9 Å². The molecule has 3 aliphatic rings. The van der Waals surface area contributed by atoms with E-state index in [0.29, 0.717) is 17.7 Å². The van der Waals surface area contributed by atoms with Gasteiger partial charge in [0.1, 0.15) is 29.5 Å². The van der Waals surface area contributed by atoms with Crippen LogP contribution >= 0.6 is 11.3 Å². The van der Waals surface area contributed by atoms with Gasteiger partial charge < -0.3 is 14.6 Å². The van der Waals surface area contributed by atoms with Crippen LogP contribution in [0.4, 0.5) is 9.52 Å². The highest BCUT2D eigenvalue weighted by Gasteiger charge is 2.54. The van der Waals surface area contributed by atoms with Crippen molar-refractivity contribution in [2.24, 2.45) is 5.92 Å². The number of phenolic OH excluding ortho intramolecular Hbond substituents is 1. The number of fused-ring (bicyclic) bond motifs is 1. The van der Waals surface area contributed by atoms with Gasteiger partial charge in [-0.05, 0) is 43.9 Å². The fraction of sp³-hybridized carbons (Fsp3) is 0.360. The summed E-state index contributed by atoms with van der Waals surface area (Å²) in [5, 5.41) is 9.98. The Morgan fingerprint density at radius 3 is 2.80 bits per heavy atom. The molecular weight excluding hydrogens is 475 g/mol. The van der Waals surface area contributed by atoms with Crippen molar-refractivity contribution in [1.29, 1.82) is 0 Å². The maximum Gasteiger partial charge on any atom is 0.350 e. The van der Waals surface area contributed by atoms with Crippen LogP contribution in [0.1, 0.15) is 46.2 Å². The summed E-state index contributed by atoms with van der Waals surface area (Å²) in [6.07, 6.45) is 0.464. The molecule has 3 heterocycles. The average molecular weight is 499 g/mol. The van der Waals surface area contributed by atoms with E-state index in [2.05, 4.69) is 11.6 Å². The number of esters is 1. The molecule has 0 radical (unpaired) electrons. The van der Waals surface area contributed by atoms with Gasteiger partial charge in [-0.1, -0.05) is 36.1 Å². The van der Waals surface area contributed by atoms with Gasteiger partial charge in [0.15, 0.2) is 16.7 Å². The van der Waals surface area contributed by atoms with E-state index in [-0.39, 0.29) is 52.3 Å². The second-order valence-electron chi connectivity index (χ2n) is 8.75. The maximum atomic E-state index is 14.2. The molecule has 1 N–H and O–H groups in total. The minimum atomic E-state index is -1.10. The van der Waals surface area contributed by atoms with Crippen LogP contribution in [-0.4, -0.2) is 46.6 Å². The predicted molar refractivity (Wildman–Crippen MR) is 125 cm³/mol. The topological polar surface area (TPSA) is 106 Å². The highest BCUT2D eigenvalue weighted by atomic mass is 32.1. The molecule has 2 aliphatic heterocycles. The summed E-state index contributed by atoms with van der Waals surface area (Å²) in [6, 6.07) is 5.23. The molecule has 1 fully saturated rings. The quantitative estimate of drug-likeness (QED) is 0.492. The molecule has 182 valence electrons. The van der Waals surface area contributed by atoms with Gasteiger partial charge in [0, 0.05) is 0 Å². The number of anilines is 1.